The van der Waals surface area contributed by atoms with Crippen LogP contribution in [-0.4, -0.2) is 25.8 Å². The second kappa shape index (κ2) is 6.26. The Balaban J connectivity index is 1.80. The zero-order chi connectivity index (χ0) is 15.5. The van der Waals surface area contributed by atoms with Crippen LogP contribution in [0, 0.1) is 12.8 Å². The van der Waals surface area contributed by atoms with E-state index in [9.17, 15) is 0 Å². The monoisotopic (exact) mass is 299 g/mol. The molecule has 0 saturated heterocycles. The summed E-state index contributed by atoms with van der Waals surface area (Å²) in [6.07, 6.45) is 1.81. The molecule has 0 aliphatic carbocycles. The summed E-state index contributed by atoms with van der Waals surface area (Å²) in [7, 11) is 3.36. The first-order valence-electron chi connectivity index (χ1n) is 7.50. The number of para-hydroxylation sites is 1. The highest BCUT2D eigenvalue weighted by molar-refractivity contribution is 5.48. The van der Waals surface area contributed by atoms with Crippen LogP contribution >= 0.6 is 0 Å². The largest absolute Gasteiger partial charge is 0.495 e. The topological polar surface area (TPSA) is 40.6 Å². The van der Waals surface area contributed by atoms with Crippen LogP contribution in [0.1, 0.15) is 17.0 Å². The Morgan fingerprint density at radius 2 is 1.95 bits per heavy atom. The Labute approximate surface area is 131 Å². The first-order valence-corrected chi connectivity index (χ1v) is 7.50. The van der Waals surface area contributed by atoms with Gasteiger partial charge in [-0.25, -0.2) is 0 Å². The van der Waals surface area contributed by atoms with Crippen molar-refractivity contribution >= 4 is 0 Å². The van der Waals surface area contributed by atoms with Crippen molar-refractivity contribution in [1.82, 2.24) is 4.98 Å². The number of rotatable bonds is 4. The minimum Gasteiger partial charge on any atom is -0.495 e. The number of aromatic nitrogens is 1. The maximum absolute atomic E-state index is 5.94. The van der Waals surface area contributed by atoms with Crippen molar-refractivity contribution < 1.29 is 14.2 Å². The summed E-state index contributed by atoms with van der Waals surface area (Å²) in [5.41, 5.74) is 3.21. The third-order valence-corrected chi connectivity index (χ3v) is 4.03. The van der Waals surface area contributed by atoms with Crippen LogP contribution in [0.4, 0.5) is 0 Å². The van der Waals surface area contributed by atoms with Gasteiger partial charge in [-0.05, 0) is 43.5 Å². The number of ether oxygens (including phenoxy) is 3. The lowest BCUT2D eigenvalue weighted by molar-refractivity contribution is 0.209. The Hall–Kier alpha value is -2.23. The van der Waals surface area contributed by atoms with Crippen LogP contribution in [0.2, 0.25) is 0 Å². The lowest BCUT2D eigenvalue weighted by Gasteiger charge is -2.26. The zero-order valence-electron chi connectivity index (χ0n) is 13.3. The van der Waals surface area contributed by atoms with Gasteiger partial charge in [-0.1, -0.05) is 12.1 Å². The van der Waals surface area contributed by atoms with Crippen LogP contribution in [-0.2, 0) is 12.8 Å². The molecule has 4 heteroatoms. The fourth-order valence-electron chi connectivity index (χ4n) is 2.95. The van der Waals surface area contributed by atoms with Crippen LogP contribution in [0.3, 0.4) is 0 Å². The fraction of sp³-hybridized carbons (Fsp3) is 0.389. The third-order valence-electron chi connectivity index (χ3n) is 4.03. The summed E-state index contributed by atoms with van der Waals surface area (Å²) in [5.74, 6) is 2.93. The van der Waals surface area contributed by atoms with Crippen molar-refractivity contribution in [3.8, 4) is 17.2 Å². The van der Waals surface area contributed by atoms with E-state index in [1.54, 1.807) is 14.2 Å². The Morgan fingerprint density at radius 3 is 2.73 bits per heavy atom. The SMILES string of the molecule is COc1ccc(C)nc1CC1COc2c(cccc2OC)C1. The van der Waals surface area contributed by atoms with E-state index in [-0.39, 0.29) is 0 Å². The molecule has 1 aromatic carbocycles. The summed E-state index contributed by atoms with van der Waals surface area (Å²) in [5, 5.41) is 0. The minimum absolute atomic E-state index is 0.391. The van der Waals surface area contributed by atoms with Crippen LogP contribution in [0.15, 0.2) is 30.3 Å². The molecule has 2 heterocycles. The minimum atomic E-state index is 0.391. The van der Waals surface area contributed by atoms with Gasteiger partial charge in [0.1, 0.15) is 5.75 Å². The van der Waals surface area contributed by atoms with Crippen molar-refractivity contribution in [3.63, 3.8) is 0 Å². The smallest absolute Gasteiger partial charge is 0.164 e. The van der Waals surface area contributed by atoms with E-state index >= 15 is 0 Å². The van der Waals surface area contributed by atoms with Crippen molar-refractivity contribution in [3.05, 3.63) is 47.3 Å². The van der Waals surface area contributed by atoms with Gasteiger partial charge in [-0.15, -0.1) is 0 Å². The molecule has 0 bridgehead atoms. The van der Waals surface area contributed by atoms with Gasteiger partial charge in [0.25, 0.3) is 0 Å². The predicted molar refractivity (Wildman–Crippen MR) is 84.9 cm³/mol. The Kier molecular flexibility index (Phi) is 4.18. The number of fused-ring (bicyclic) bond motifs is 1. The number of hydrogen-bond donors (Lipinski definition) is 0. The summed E-state index contributed by atoms with van der Waals surface area (Å²) < 4.78 is 16.7. The standard InChI is InChI=1S/C18H21NO3/c1-12-7-8-16(20-2)15(19-12)10-13-9-14-5-4-6-17(21-3)18(14)22-11-13/h4-8,13H,9-11H2,1-3H3. The Morgan fingerprint density at radius 1 is 1.14 bits per heavy atom. The maximum atomic E-state index is 5.94. The number of benzene rings is 1. The van der Waals surface area contributed by atoms with Gasteiger partial charge in [-0.2, -0.15) is 0 Å². The second-order valence-electron chi connectivity index (χ2n) is 5.64. The molecule has 1 aliphatic rings. The van der Waals surface area contributed by atoms with Gasteiger partial charge in [0.15, 0.2) is 11.5 Å². The maximum Gasteiger partial charge on any atom is 0.164 e. The molecule has 1 unspecified atom stereocenters. The van der Waals surface area contributed by atoms with E-state index in [0.717, 1.165) is 41.5 Å². The first kappa shape index (κ1) is 14.7. The van der Waals surface area contributed by atoms with Crippen LogP contribution in [0.25, 0.3) is 0 Å². The van der Waals surface area contributed by atoms with Gasteiger partial charge in [-0.3, -0.25) is 4.98 Å². The molecule has 1 aromatic heterocycles. The number of pyridine rings is 1. The fourth-order valence-corrected chi connectivity index (χ4v) is 2.95. The lowest BCUT2D eigenvalue weighted by atomic mass is 9.92. The van der Waals surface area contributed by atoms with E-state index < -0.39 is 0 Å². The van der Waals surface area contributed by atoms with Crippen molar-refractivity contribution in [2.45, 2.75) is 19.8 Å². The lowest BCUT2D eigenvalue weighted by Crippen LogP contribution is -2.23. The summed E-state index contributed by atoms with van der Waals surface area (Å²) >= 11 is 0. The molecule has 1 aliphatic heterocycles. The van der Waals surface area contributed by atoms with E-state index in [0.29, 0.717) is 12.5 Å². The average Bonchev–Trinajstić information content (AvgIpc) is 2.54. The highest BCUT2D eigenvalue weighted by Crippen LogP contribution is 2.37. The van der Waals surface area contributed by atoms with Gasteiger partial charge < -0.3 is 14.2 Å². The summed E-state index contributed by atoms with van der Waals surface area (Å²) in [6.45, 7) is 2.67. The number of nitrogens with zero attached hydrogens (tertiary/aromatic N) is 1. The van der Waals surface area contributed by atoms with Gasteiger partial charge in [0.05, 0.1) is 26.5 Å². The van der Waals surface area contributed by atoms with Crippen LogP contribution < -0.4 is 14.2 Å². The summed E-state index contributed by atoms with van der Waals surface area (Å²) in [4.78, 5) is 4.62. The molecule has 116 valence electrons. The van der Waals surface area contributed by atoms with Crippen LogP contribution in [0.5, 0.6) is 17.2 Å². The van der Waals surface area contributed by atoms with Gasteiger partial charge in [0.2, 0.25) is 0 Å². The molecule has 0 N–H and O–H groups in total. The van der Waals surface area contributed by atoms with Gasteiger partial charge in [0, 0.05) is 11.6 Å². The zero-order valence-corrected chi connectivity index (χ0v) is 13.3. The van der Waals surface area contributed by atoms with Gasteiger partial charge >= 0.3 is 0 Å². The number of methoxy groups -OCH3 is 2. The molecular weight excluding hydrogens is 278 g/mol. The van der Waals surface area contributed by atoms with Crippen molar-refractivity contribution in [2.24, 2.45) is 5.92 Å². The highest BCUT2D eigenvalue weighted by Gasteiger charge is 2.24. The quantitative estimate of drug-likeness (QED) is 0.869. The van der Waals surface area contributed by atoms with E-state index in [1.165, 1.54) is 5.56 Å². The molecule has 0 saturated carbocycles. The molecule has 0 spiro atoms. The summed E-state index contributed by atoms with van der Waals surface area (Å²) in [6, 6.07) is 10.0. The van der Waals surface area contributed by atoms with E-state index in [1.807, 2.05) is 31.2 Å². The normalized spacial score (nSPS) is 16.6. The number of hydrogen-bond acceptors (Lipinski definition) is 4. The molecule has 3 rings (SSSR count). The molecular formula is C18H21NO3. The van der Waals surface area contributed by atoms with Crippen molar-refractivity contribution in [1.29, 1.82) is 0 Å². The van der Waals surface area contributed by atoms with Crippen molar-refractivity contribution in [2.75, 3.05) is 20.8 Å². The third kappa shape index (κ3) is 2.86. The first-order chi connectivity index (χ1) is 10.7. The Bertz CT molecular complexity index is 669. The number of aryl methyl sites for hydroxylation is 1. The molecule has 1 atom stereocenters. The molecule has 22 heavy (non-hydrogen) atoms. The molecule has 0 amide bonds. The molecule has 0 fully saturated rings. The second-order valence-corrected chi connectivity index (χ2v) is 5.64. The average molecular weight is 299 g/mol. The molecule has 4 nitrogen and oxygen atoms in total. The molecule has 0 radical (unpaired) electrons. The predicted octanol–water partition coefficient (Wildman–Crippen LogP) is 3.20. The van der Waals surface area contributed by atoms with E-state index in [2.05, 4.69) is 11.1 Å². The highest BCUT2D eigenvalue weighted by atomic mass is 16.5. The van der Waals surface area contributed by atoms with E-state index in [4.69, 9.17) is 14.2 Å². The molecule has 2 aromatic rings.